The smallest absolute Gasteiger partial charge is 0.220 e. The van der Waals surface area contributed by atoms with Crippen LogP contribution in [0, 0.1) is 5.41 Å². The second-order valence-corrected chi connectivity index (χ2v) is 5.12. The van der Waals surface area contributed by atoms with Crippen molar-refractivity contribution in [2.45, 2.75) is 38.5 Å². The van der Waals surface area contributed by atoms with E-state index in [1.165, 1.54) is 12.7 Å². The minimum Gasteiger partial charge on any atom is -0.356 e. The van der Waals surface area contributed by atoms with Gasteiger partial charge < -0.3 is 11.1 Å². The summed E-state index contributed by atoms with van der Waals surface area (Å²) in [7, 11) is 0. The van der Waals surface area contributed by atoms with Gasteiger partial charge in [-0.05, 0) is 31.2 Å². The van der Waals surface area contributed by atoms with Crippen molar-refractivity contribution in [3.63, 3.8) is 0 Å². The summed E-state index contributed by atoms with van der Waals surface area (Å²) >= 11 is 0. The van der Waals surface area contributed by atoms with Gasteiger partial charge in [0.2, 0.25) is 5.91 Å². The number of aromatic nitrogens is 3. The number of H-pyrrole nitrogens is 1. The maximum Gasteiger partial charge on any atom is 0.220 e. The number of nitrogens with two attached hydrogens (primary N) is 1. The fraction of sp³-hybridized carbons (Fsp3) is 0.750. The molecule has 2 rings (SSSR count). The Bertz CT molecular complexity index is 366. The molecule has 0 spiro atoms. The average Bonchev–Trinajstić information content (AvgIpc) is 2.82. The first-order valence-corrected chi connectivity index (χ1v) is 6.55. The average molecular weight is 251 g/mol. The second-order valence-electron chi connectivity index (χ2n) is 5.12. The predicted molar refractivity (Wildman–Crippen MR) is 67.7 cm³/mol. The van der Waals surface area contributed by atoms with E-state index >= 15 is 0 Å². The topological polar surface area (TPSA) is 96.7 Å². The van der Waals surface area contributed by atoms with Crippen LogP contribution in [0.3, 0.4) is 0 Å². The molecule has 0 aliphatic heterocycles. The molecule has 1 aliphatic rings. The van der Waals surface area contributed by atoms with E-state index < -0.39 is 0 Å². The highest BCUT2D eigenvalue weighted by Gasteiger charge is 2.37. The van der Waals surface area contributed by atoms with Crippen LogP contribution in [0.2, 0.25) is 0 Å². The summed E-state index contributed by atoms with van der Waals surface area (Å²) in [6, 6.07) is 0. The second kappa shape index (κ2) is 5.95. The van der Waals surface area contributed by atoms with Crippen molar-refractivity contribution in [3.05, 3.63) is 12.2 Å². The summed E-state index contributed by atoms with van der Waals surface area (Å²) in [5.41, 5.74) is 5.83. The molecular formula is C12H21N5O. The van der Waals surface area contributed by atoms with Gasteiger partial charge in [-0.1, -0.05) is 6.42 Å². The highest BCUT2D eigenvalue weighted by atomic mass is 16.1. The molecule has 1 aromatic heterocycles. The summed E-state index contributed by atoms with van der Waals surface area (Å²) in [6.45, 7) is 1.30. The molecule has 6 heteroatoms. The van der Waals surface area contributed by atoms with Crippen molar-refractivity contribution in [2.75, 3.05) is 13.1 Å². The molecule has 4 N–H and O–H groups in total. The first-order chi connectivity index (χ1) is 8.74. The number of carbonyl (C=O) groups excluding carboxylic acids is 1. The number of carbonyl (C=O) groups is 1. The van der Waals surface area contributed by atoms with Crippen LogP contribution in [-0.4, -0.2) is 34.2 Å². The molecule has 1 aliphatic carbocycles. The molecule has 6 nitrogen and oxygen atoms in total. The maximum atomic E-state index is 11.8. The number of aromatic amines is 1. The van der Waals surface area contributed by atoms with Crippen molar-refractivity contribution < 1.29 is 4.79 Å². The molecule has 0 saturated heterocycles. The van der Waals surface area contributed by atoms with E-state index in [1.807, 2.05) is 0 Å². The highest BCUT2D eigenvalue weighted by Crippen LogP contribution is 2.42. The van der Waals surface area contributed by atoms with Crippen LogP contribution in [0.4, 0.5) is 0 Å². The Hall–Kier alpha value is -1.43. The third kappa shape index (κ3) is 3.29. The van der Waals surface area contributed by atoms with Crippen molar-refractivity contribution in [3.8, 4) is 0 Å². The molecule has 1 heterocycles. The van der Waals surface area contributed by atoms with E-state index in [-0.39, 0.29) is 11.3 Å². The summed E-state index contributed by atoms with van der Waals surface area (Å²) in [5, 5.41) is 9.52. The van der Waals surface area contributed by atoms with E-state index in [1.54, 1.807) is 0 Å². The monoisotopic (exact) mass is 251 g/mol. The van der Waals surface area contributed by atoms with Crippen LogP contribution >= 0.6 is 0 Å². The van der Waals surface area contributed by atoms with E-state index in [0.717, 1.165) is 31.5 Å². The molecule has 1 amide bonds. The summed E-state index contributed by atoms with van der Waals surface area (Å²) in [4.78, 5) is 15.8. The van der Waals surface area contributed by atoms with Crippen molar-refractivity contribution in [1.82, 2.24) is 20.5 Å². The Morgan fingerprint density at radius 2 is 2.39 bits per heavy atom. The van der Waals surface area contributed by atoms with E-state index in [9.17, 15) is 4.79 Å². The van der Waals surface area contributed by atoms with Gasteiger partial charge in [0.15, 0.2) is 0 Å². The van der Waals surface area contributed by atoms with Crippen LogP contribution < -0.4 is 11.1 Å². The predicted octanol–water partition coefficient (Wildman–Crippen LogP) is 0.373. The lowest BCUT2D eigenvalue weighted by Gasteiger charge is -2.40. The molecule has 1 fully saturated rings. The summed E-state index contributed by atoms with van der Waals surface area (Å²) < 4.78 is 0. The quantitative estimate of drug-likeness (QED) is 0.610. The maximum absolute atomic E-state index is 11.8. The number of hydrogen-bond acceptors (Lipinski definition) is 4. The Kier molecular flexibility index (Phi) is 4.30. The van der Waals surface area contributed by atoms with Gasteiger partial charge in [0.05, 0.1) is 0 Å². The first-order valence-electron chi connectivity index (χ1n) is 6.55. The van der Waals surface area contributed by atoms with Crippen molar-refractivity contribution in [2.24, 2.45) is 11.1 Å². The fourth-order valence-electron chi connectivity index (χ4n) is 2.37. The molecule has 0 atom stereocenters. The number of aryl methyl sites for hydroxylation is 1. The van der Waals surface area contributed by atoms with Gasteiger partial charge in [0.25, 0.3) is 0 Å². The molecule has 0 radical (unpaired) electrons. The standard InChI is InChI=1S/C12H21N5O/c13-8-12(4-2-5-12)7-11(18)14-6-1-3-10-15-9-16-17-10/h9H,1-8,13H2,(H,14,18)(H,15,16,17). The Balaban J connectivity index is 1.60. The number of nitrogens with zero attached hydrogens (tertiary/aromatic N) is 2. The van der Waals surface area contributed by atoms with E-state index in [2.05, 4.69) is 20.5 Å². The molecule has 100 valence electrons. The van der Waals surface area contributed by atoms with Gasteiger partial charge in [0, 0.05) is 19.4 Å². The van der Waals surface area contributed by atoms with Crippen LogP contribution in [0.25, 0.3) is 0 Å². The molecule has 18 heavy (non-hydrogen) atoms. The van der Waals surface area contributed by atoms with Gasteiger partial charge >= 0.3 is 0 Å². The van der Waals surface area contributed by atoms with E-state index in [4.69, 9.17) is 5.73 Å². The number of hydrogen-bond donors (Lipinski definition) is 3. The molecule has 1 aromatic rings. The molecule has 1 saturated carbocycles. The lowest BCUT2D eigenvalue weighted by Crippen LogP contribution is -2.42. The minimum absolute atomic E-state index is 0.0923. The largest absolute Gasteiger partial charge is 0.356 e. The Morgan fingerprint density at radius 1 is 1.56 bits per heavy atom. The zero-order valence-corrected chi connectivity index (χ0v) is 10.6. The number of nitrogens with one attached hydrogen (secondary N) is 2. The molecule has 0 unspecified atom stereocenters. The van der Waals surface area contributed by atoms with Crippen LogP contribution in [0.1, 0.15) is 37.9 Å². The number of rotatable bonds is 7. The zero-order chi connectivity index (χ0) is 12.8. The lowest BCUT2D eigenvalue weighted by molar-refractivity contribution is -0.124. The first kappa shape index (κ1) is 13.0. The molecule has 0 aromatic carbocycles. The summed E-state index contributed by atoms with van der Waals surface area (Å²) in [5.74, 6) is 0.986. The van der Waals surface area contributed by atoms with Gasteiger partial charge in [-0.2, -0.15) is 5.10 Å². The van der Waals surface area contributed by atoms with Gasteiger partial charge in [0.1, 0.15) is 12.2 Å². The lowest BCUT2D eigenvalue weighted by atomic mass is 9.66. The van der Waals surface area contributed by atoms with Crippen LogP contribution in [0.5, 0.6) is 0 Å². The van der Waals surface area contributed by atoms with E-state index in [0.29, 0.717) is 19.5 Å². The highest BCUT2D eigenvalue weighted by molar-refractivity contribution is 5.76. The van der Waals surface area contributed by atoms with Crippen molar-refractivity contribution in [1.29, 1.82) is 0 Å². The molecular weight excluding hydrogens is 230 g/mol. The van der Waals surface area contributed by atoms with Gasteiger partial charge in [-0.15, -0.1) is 0 Å². The summed E-state index contributed by atoms with van der Waals surface area (Å²) in [6.07, 6.45) is 7.14. The third-order valence-corrected chi connectivity index (χ3v) is 3.76. The molecule has 0 bridgehead atoms. The van der Waals surface area contributed by atoms with Crippen LogP contribution in [-0.2, 0) is 11.2 Å². The van der Waals surface area contributed by atoms with Crippen molar-refractivity contribution >= 4 is 5.91 Å². The SMILES string of the molecule is NCC1(CC(=O)NCCCc2ncn[nH]2)CCC1. The fourth-order valence-corrected chi connectivity index (χ4v) is 2.37. The normalized spacial score (nSPS) is 17.2. The van der Waals surface area contributed by atoms with Gasteiger partial charge in [-0.3, -0.25) is 9.89 Å². The van der Waals surface area contributed by atoms with Crippen LogP contribution in [0.15, 0.2) is 6.33 Å². The Morgan fingerprint density at radius 3 is 2.94 bits per heavy atom. The zero-order valence-electron chi connectivity index (χ0n) is 10.6. The van der Waals surface area contributed by atoms with Gasteiger partial charge in [-0.25, -0.2) is 4.98 Å². The third-order valence-electron chi connectivity index (χ3n) is 3.76. The number of amides is 1. The minimum atomic E-state index is 0.0923. The Labute approximate surface area is 107 Å².